The van der Waals surface area contributed by atoms with Crippen molar-refractivity contribution in [1.82, 2.24) is 10.6 Å². The topological polar surface area (TPSA) is 58.2 Å². The molecule has 0 atom stereocenters. The Morgan fingerprint density at radius 3 is 2.17 bits per heavy atom. The van der Waals surface area contributed by atoms with Crippen LogP contribution in [0.4, 0.5) is 0 Å². The third-order valence-electron chi connectivity index (χ3n) is 3.76. The van der Waals surface area contributed by atoms with Crippen LogP contribution in [0.3, 0.4) is 0 Å². The average Bonchev–Trinajstić information content (AvgIpc) is 2.58. The smallest absolute Gasteiger partial charge is 0.251 e. The molecule has 0 saturated heterocycles. The Bertz CT molecular complexity index is 723. The van der Waals surface area contributed by atoms with Gasteiger partial charge in [-0.25, -0.2) is 0 Å². The van der Waals surface area contributed by atoms with Gasteiger partial charge >= 0.3 is 0 Å². The molecule has 2 rings (SSSR count). The maximum atomic E-state index is 12.3. The maximum absolute atomic E-state index is 12.3. The fourth-order valence-corrected chi connectivity index (χ4v) is 2.29. The first-order valence-electron chi connectivity index (χ1n) is 8.18. The van der Waals surface area contributed by atoms with Crippen molar-refractivity contribution in [2.24, 2.45) is 5.92 Å². The number of rotatable bonds is 6. The number of hydrogen-bond acceptors (Lipinski definition) is 2. The SMILES string of the molecule is Cc1ccccc1CNC(=O)c1cccc(C(=O)NCC(C)C)c1. The molecule has 4 nitrogen and oxygen atoms in total. The summed E-state index contributed by atoms with van der Waals surface area (Å²) in [6.45, 7) is 7.17. The summed E-state index contributed by atoms with van der Waals surface area (Å²) >= 11 is 0. The van der Waals surface area contributed by atoms with E-state index in [1.165, 1.54) is 0 Å². The molecule has 0 aromatic heterocycles. The van der Waals surface area contributed by atoms with Crippen LogP contribution in [-0.4, -0.2) is 18.4 Å². The Balaban J connectivity index is 2.01. The number of benzene rings is 2. The Labute approximate surface area is 143 Å². The van der Waals surface area contributed by atoms with Gasteiger partial charge in [-0.2, -0.15) is 0 Å². The molecule has 0 bridgehead atoms. The molecule has 0 spiro atoms. The molecular formula is C20H24N2O2. The van der Waals surface area contributed by atoms with E-state index in [4.69, 9.17) is 0 Å². The summed E-state index contributed by atoms with van der Waals surface area (Å²) in [6.07, 6.45) is 0. The highest BCUT2D eigenvalue weighted by Gasteiger charge is 2.11. The number of carbonyl (C=O) groups excluding carboxylic acids is 2. The quantitative estimate of drug-likeness (QED) is 0.856. The number of carbonyl (C=O) groups is 2. The maximum Gasteiger partial charge on any atom is 0.251 e. The predicted molar refractivity (Wildman–Crippen MR) is 96.0 cm³/mol. The lowest BCUT2D eigenvalue weighted by Gasteiger charge is -2.10. The predicted octanol–water partition coefficient (Wildman–Crippen LogP) is 3.31. The van der Waals surface area contributed by atoms with E-state index in [0.717, 1.165) is 11.1 Å². The summed E-state index contributed by atoms with van der Waals surface area (Å²) in [5.74, 6) is 0.0450. The summed E-state index contributed by atoms with van der Waals surface area (Å²) in [5.41, 5.74) is 3.20. The van der Waals surface area contributed by atoms with Gasteiger partial charge in [-0.15, -0.1) is 0 Å². The van der Waals surface area contributed by atoms with E-state index in [0.29, 0.717) is 30.1 Å². The van der Waals surface area contributed by atoms with Crippen LogP contribution in [0.1, 0.15) is 45.7 Å². The Kier molecular flexibility index (Phi) is 6.13. The van der Waals surface area contributed by atoms with E-state index in [1.54, 1.807) is 24.3 Å². The van der Waals surface area contributed by atoms with Crippen molar-refractivity contribution in [2.45, 2.75) is 27.3 Å². The Morgan fingerprint density at radius 2 is 1.54 bits per heavy atom. The van der Waals surface area contributed by atoms with E-state index < -0.39 is 0 Å². The number of amides is 2. The Hall–Kier alpha value is -2.62. The van der Waals surface area contributed by atoms with Crippen LogP contribution >= 0.6 is 0 Å². The second-order valence-electron chi connectivity index (χ2n) is 6.29. The van der Waals surface area contributed by atoms with Gasteiger partial charge in [0.15, 0.2) is 0 Å². The van der Waals surface area contributed by atoms with E-state index in [-0.39, 0.29) is 11.8 Å². The van der Waals surface area contributed by atoms with Crippen molar-refractivity contribution in [2.75, 3.05) is 6.54 Å². The fourth-order valence-electron chi connectivity index (χ4n) is 2.29. The summed E-state index contributed by atoms with van der Waals surface area (Å²) in [6, 6.07) is 14.7. The molecule has 126 valence electrons. The minimum atomic E-state index is -0.184. The third kappa shape index (κ3) is 4.95. The lowest BCUT2D eigenvalue weighted by molar-refractivity contribution is 0.0949. The van der Waals surface area contributed by atoms with Crippen molar-refractivity contribution in [3.05, 3.63) is 70.8 Å². The zero-order chi connectivity index (χ0) is 17.5. The molecule has 0 heterocycles. The number of nitrogens with one attached hydrogen (secondary N) is 2. The number of aryl methyl sites for hydroxylation is 1. The first kappa shape index (κ1) is 17.7. The van der Waals surface area contributed by atoms with Crippen LogP contribution in [0.25, 0.3) is 0 Å². The average molecular weight is 324 g/mol. The minimum absolute atomic E-state index is 0.155. The molecule has 0 aliphatic carbocycles. The lowest BCUT2D eigenvalue weighted by Crippen LogP contribution is -2.28. The summed E-state index contributed by atoms with van der Waals surface area (Å²) in [7, 11) is 0. The van der Waals surface area contributed by atoms with Gasteiger partial charge in [0.25, 0.3) is 11.8 Å². The van der Waals surface area contributed by atoms with Gasteiger partial charge in [-0.3, -0.25) is 9.59 Å². The summed E-state index contributed by atoms with van der Waals surface area (Å²) < 4.78 is 0. The van der Waals surface area contributed by atoms with E-state index in [9.17, 15) is 9.59 Å². The molecule has 0 aliphatic rings. The van der Waals surface area contributed by atoms with Crippen LogP contribution in [0.5, 0.6) is 0 Å². The molecule has 2 N–H and O–H groups in total. The first-order valence-corrected chi connectivity index (χ1v) is 8.18. The first-order chi connectivity index (χ1) is 11.5. The summed E-state index contributed by atoms with van der Waals surface area (Å²) in [5, 5.41) is 5.76. The molecule has 0 saturated carbocycles. The lowest BCUT2D eigenvalue weighted by atomic mass is 10.1. The molecule has 0 unspecified atom stereocenters. The van der Waals surface area contributed by atoms with Crippen LogP contribution < -0.4 is 10.6 Å². The van der Waals surface area contributed by atoms with Gasteiger partial charge in [-0.1, -0.05) is 44.2 Å². The van der Waals surface area contributed by atoms with Crippen LogP contribution in [-0.2, 0) is 6.54 Å². The molecule has 2 amide bonds. The molecule has 24 heavy (non-hydrogen) atoms. The standard InChI is InChI=1S/C20H24N2O2/c1-14(2)12-21-19(23)16-9-6-10-17(11-16)20(24)22-13-18-8-5-4-7-15(18)3/h4-11,14H,12-13H2,1-3H3,(H,21,23)(H,22,24). The fraction of sp³-hybridized carbons (Fsp3) is 0.300. The molecule has 0 fully saturated rings. The normalized spacial score (nSPS) is 10.5. The van der Waals surface area contributed by atoms with Gasteiger partial charge in [0, 0.05) is 24.2 Å². The highest BCUT2D eigenvalue weighted by molar-refractivity contribution is 5.99. The highest BCUT2D eigenvalue weighted by atomic mass is 16.2. The second-order valence-corrected chi connectivity index (χ2v) is 6.29. The zero-order valence-electron chi connectivity index (χ0n) is 14.4. The highest BCUT2D eigenvalue weighted by Crippen LogP contribution is 2.09. The van der Waals surface area contributed by atoms with Crippen LogP contribution in [0.2, 0.25) is 0 Å². The van der Waals surface area contributed by atoms with E-state index in [1.807, 2.05) is 45.0 Å². The van der Waals surface area contributed by atoms with Gasteiger partial charge in [0.2, 0.25) is 0 Å². The van der Waals surface area contributed by atoms with Gasteiger partial charge in [-0.05, 0) is 42.2 Å². The minimum Gasteiger partial charge on any atom is -0.352 e. The zero-order valence-corrected chi connectivity index (χ0v) is 14.4. The summed E-state index contributed by atoms with van der Waals surface area (Å²) in [4.78, 5) is 24.4. The van der Waals surface area contributed by atoms with E-state index in [2.05, 4.69) is 10.6 Å². The van der Waals surface area contributed by atoms with E-state index >= 15 is 0 Å². The molecule has 2 aromatic rings. The Morgan fingerprint density at radius 1 is 0.917 bits per heavy atom. The van der Waals surface area contributed by atoms with Gasteiger partial charge < -0.3 is 10.6 Å². The van der Waals surface area contributed by atoms with Crippen molar-refractivity contribution >= 4 is 11.8 Å². The molecule has 4 heteroatoms. The van der Waals surface area contributed by atoms with Crippen LogP contribution in [0.15, 0.2) is 48.5 Å². The van der Waals surface area contributed by atoms with Crippen molar-refractivity contribution < 1.29 is 9.59 Å². The number of hydrogen-bond donors (Lipinski definition) is 2. The van der Waals surface area contributed by atoms with Crippen LogP contribution in [0, 0.1) is 12.8 Å². The largest absolute Gasteiger partial charge is 0.352 e. The van der Waals surface area contributed by atoms with Crippen molar-refractivity contribution in [3.8, 4) is 0 Å². The molecular weight excluding hydrogens is 300 g/mol. The van der Waals surface area contributed by atoms with Crippen molar-refractivity contribution in [3.63, 3.8) is 0 Å². The van der Waals surface area contributed by atoms with Gasteiger partial charge in [0.1, 0.15) is 0 Å². The molecule has 0 radical (unpaired) electrons. The van der Waals surface area contributed by atoms with Crippen molar-refractivity contribution in [1.29, 1.82) is 0 Å². The second kappa shape index (κ2) is 8.29. The van der Waals surface area contributed by atoms with Gasteiger partial charge in [0.05, 0.1) is 0 Å². The monoisotopic (exact) mass is 324 g/mol. The molecule has 2 aromatic carbocycles. The third-order valence-corrected chi connectivity index (χ3v) is 3.76. The molecule has 0 aliphatic heterocycles.